The summed E-state index contributed by atoms with van der Waals surface area (Å²) in [5, 5.41) is 17.4. The molecular weight excluding hydrogens is 468 g/mol. The van der Waals surface area contributed by atoms with Crippen LogP contribution in [0, 0.1) is 28.6 Å². The Balaban J connectivity index is 1.10. The van der Waals surface area contributed by atoms with E-state index >= 15 is 0 Å². The Morgan fingerprint density at radius 2 is 1.97 bits per heavy atom. The number of rotatable bonds is 6. The van der Waals surface area contributed by atoms with Gasteiger partial charge in [0.15, 0.2) is 5.82 Å². The second-order valence-electron chi connectivity index (χ2n) is 10.6. The maximum atomic E-state index is 13.1. The molecule has 4 fully saturated rings. The predicted molar refractivity (Wildman–Crippen MR) is 125 cm³/mol. The summed E-state index contributed by atoms with van der Waals surface area (Å²) >= 11 is 0. The van der Waals surface area contributed by atoms with Crippen molar-refractivity contribution in [2.24, 2.45) is 24.3 Å². The highest BCUT2D eigenvalue weighted by atomic mass is 19.3. The van der Waals surface area contributed by atoms with Gasteiger partial charge in [-0.3, -0.25) is 14.3 Å². The third-order valence-electron chi connectivity index (χ3n) is 8.11. The summed E-state index contributed by atoms with van der Waals surface area (Å²) < 4.78 is 27.9. The highest BCUT2D eigenvalue weighted by molar-refractivity contribution is 6.02. The highest BCUT2D eigenvalue weighted by Gasteiger charge is 2.57. The van der Waals surface area contributed by atoms with Crippen molar-refractivity contribution in [3.05, 3.63) is 30.1 Å². The van der Waals surface area contributed by atoms with Gasteiger partial charge >= 0.3 is 0 Å². The van der Waals surface area contributed by atoms with Crippen LogP contribution in [-0.4, -0.2) is 57.0 Å². The number of hydrogen-bond acceptors (Lipinski definition) is 6. The summed E-state index contributed by atoms with van der Waals surface area (Å²) in [5.74, 6) is -2.20. The molecule has 2 aromatic rings. The fourth-order valence-corrected chi connectivity index (χ4v) is 5.79. The van der Waals surface area contributed by atoms with E-state index in [9.17, 15) is 23.6 Å². The second-order valence-corrected chi connectivity index (χ2v) is 10.6. The van der Waals surface area contributed by atoms with Crippen molar-refractivity contribution in [2.75, 3.05) is 29.9 Å². The van der Waals surface area contributed by atoms with E-state index in [4.69, 9.17) is 0 Å². The zero-order valence-electron chi connectivity index (χ0n) is 20.0. The Labute approximate surface area is 207 Å². The van der Waals surface area contributed by atoms with E-state index in [0.29, 0.717) is 43.4 Å². The molecule has 6 rings (SSSR count). The lowest BCUT2D eigenvalue weighted by Crippen LogP contribution is -2.54. The van der Waals surface area contributed by atoms with Crippen molar-refractivity contribution >= 4 is 29.1 Å². The van der Waals surface area contributed by atoms with Gasteiger partial charge in [-0.15, -0.1) is 0 Å². The van der Waals surface area contributed by atoms with Crippen molar-refractivity contribution in [1.82, 2.24) is 19.7 Å². The Hall–Kier alpha value is -3.55. The number of amides is 2. The van der Waals surface area contributed by atoms with Crippen LogP contribution in [0.4, 0.5) is 26.1 Å². The summed E-state index contributed by atoms with van der Waals surface area (Å²) in [6, 6.07) is 7.75. The molecule has 1 N–H and O–H groups in total. The molecule has 0 unspecified atom stereocenters. The number of alkyl halides is 2. The number of likely N-dealkylation sites (tertiary alicyclic amines) is 1. The molecule has 36 heavy (non-hydrogen) atoms. The molecule has 0 bridgehead atoms. The molecular formula is C25H27F2N7O2. The normalized spacial score (nSPS) is 25.9. The lowest BCUT2D eigenvalue weighted by Gasteiger charge is -2.44. The van der Waals surface area contributed by atoms with Crippen molar-refractivity contribution in [2.45, 2.75) is 43.9 Å². The molecule has 1 atom stereocenters. The Morgan fingerprint density at radius 3 is 2.64 bits per heavy atom. The molecule has 0 spiro atoms. The fourth-order valence-electron chi connectivity index (χ4n) is 5.79. The van der Waals surface area contributed by atoms with E-state index in [2.05, 4.69) is 21.5 Å². The van der Waals surface area contributed by atoms with Crippen LogP contribution in [0.1, 0.15) is 43.7 Å². The van der Waals surface area contributed by atoms with Crippen LogP contribution < -0.4 is 10.2 Å². The topological polar surface area (TPSA) is 107 Å². The summed E-state index contributed by atoms with van der Waals surface area (Å²) in [4.78, 5) is 33.2. The standard InChI is InChI=1S/C25H27F2N7O2/c1-32-19(16-12-33(13-16)22(35)15-10-25(26,27)11-15)9-21(31-32)30-20-8-18(4-6-29-20)34-7-5-24(14-28,23(34)36)17-2-3-17/h4,6,8-9,15-17H,2-3,5,7,10-13H2,1H3,(H,29,30,31)/t24-/m1/s1. The maximum absolute atomic E-state index is 13.1. The summed E-state index contributed by atoms with van der Waals surface area (Å²) in [6.45, 7) is 1.49. The van der Waals surface area contributed by atoms with Crippen molar-refractivity contribution in [3.8, 4) is 6.07 Å². The van der Waals surface area contributed by atoms with E-state index in [1.54, 1.807) is 32.8 Å². The number of halogens is 2. The van der Waals surface area contributed by atoms with Gasteiger partial charge in [-0.1, -0.05) is 0 Å². The summed E-state index contributed by atoms with van der Waals surface area (Å²) in [5.41, 5.74) is 0.736. The molecule has 4 aliphatic rings. The Bertz CT molecular complexity index is 1270. The van der Waals surface area contributed by atoms with Crippen LogP contribution in [-0.2, 0) is 16.6 Å². The van der Waals surface area contributed by atoms with Crippen LogP contribution in [0.3, 0.4) is 0 Å². The number of anilines is 3. The van der Waals surface area contributed by atoms with Gasteiger partial charge in [0.2, 0.25) is 17.7 Å². The van der Waals surface area contributed by atoms with Gasteiger partial charge in [0, 0.05) is 81.1 Å². The lowest BCUT2D eigenvalue weighted by atomic mass is 9.79. The molecule has 9 nitrogen and oxygen atoms in total. The van der Waals surface area contributed by atoms with Gasteiger partial charge in [0.05, 0.1) is 6.07 Å². The molecule has 2 aliphatic carbocycles. The van der Waals surface area contributed by atoms with Gasteiger partial charge in [-0.25, -0.2) is 13.8 Å². The SMILES string of the molecule is Cn1nc(Nc2cc(N3CC[C@@](C#N)(C4CC4)C3=O)ccn2)cc1C1CN(C(=O)C2CC(F)(F)C2)C1. The minimum atomic E-state index is -2.70. The molecule has 11 heteroatoms. The van der Waals surface area contributed by atoms with Gasteiger partial charge in [-0.2, -0.15) is 10.4 Å². The largest absolute Gasteiger partial charge is 0.341 e. The third kappa shape index (κ3) is 3.70. The van der Waals surface area contributed by atoms with Gasteiger partial charge in [0.25, 0.3) is 0 Å². The van der Waals surface area contributed by atoms with E-state index in [0.717, 1.165) is 18.5 Å². The Morgan fingerprint density at radius 1 is 1.22 bits per heavy atom. The average Bonchev–Trinajstić information content (AvgIpc) is 3.51. The van der Waals surface area contributed by atoms with Gasteiger partial charge in [-0.05, 0) is 31.2 Å². The molecule has 4 heterocycles. The maximum Gasteiger partial charge on any atom is 0.249 e. The first-order valence-corrected chi connectivity index (χ1v) is 12.4. The van der Waals surface area contributed by atoms with Crippen LogP contribution >= 0.6 is 0 Å². The first-order valence-electron chi connectivity index (χ1n) is 12.4. The quantitative estimate of drug-likeness (QED) is 0.660. The first kappa shape index (κ1) is 22.9. The average molecular weight is 496 g/mol. The molecule has 0 radical (unpaired) electrons. The number of nitrogens with zero attached hydrogens (tertiary/aromatic N) is 6. The fraction of sp³-hybridized carbons (Fsp3) is 0.560. The zero-order valence-corrected chi connectivity index (χ0v) is 20.0. The smallest absolute Gasteiger partial charge is 0.249 e. The number of nitriles is 1. The Kier molecular flexibility index (Phi) is 5.07. The van der Waals surface area contributed by atoms with Gasteiger partial charge in [0.1, 0.15) is 11.2 Å². The van der Waals surface area contributed by atoms with Crippen molar-refractivity contribution in [3.63, 3.8) is 0 Å². The lowest BCUT2D eigenvalue weighted by molar-refractivity contribution is -0.163. The number of hydrogen-bond donors (Lipinski definition) is 1. The first-order chi connectivity index (χ1) is 17.2. The van der Waals surface area contributed by atoms with Crippen LogP contribution in [0.15, 0.2) is 24.4 Å². The minimum absolute atomic E-state index is 0.0885. The number of pyridine rings is 1. The zero-order chi connectivity index (χ0) is 25.2. The van der Waals surface area contributed by atoms with Crippen LogP contribution in [0.25, 0.3) is 0 Å². The summed E-state index contributed by atoms with van der Waals surface area (Å²) in [7, 11) is 1.82. The molecule has 2 saturated carbocycles. The number of nitrogens with one attached hydrogen (secondary N) is 1. The molecule has 2 saturated heterocycles. The number of aryl methyl sites for hydroxylation is 1. The highest BCUT2D eigenvalue weighted by Crippen LogP contribution is 2.52. The van der Waals surface area contributed by atoms with Gasteiger partial charge < -0.3 is 15.1 Å². The van der Waals surface area contributed by atoms with E-state index in [-0.39, 0.29) is 36.5 Å². The molecule has 2 amide bonds. The summed E-state index contributed by atoms with van der Waals surface area (Å²) in [6.07, 6.45) is 3.34. The van der Waals surface area contributed by atoms with E-state index < -0.39 is 17.3 Å². The number of carbonyl (C=O) groups is 2. The molecule has 188 valence electrons. The predicted octanol–water partition coefficient (Wildman–Crippen LogP) is 3.19. The molecule has 0 aromatic carbocycles. The van der Waals surface area contributed by atoms with E-state index in [1.807, 2.05) is 13.1 Å². The van der Waals surface area contributed by atoms with E-state index in [1.165, 1.54) is 0 Å². The van der Waals surface area contributed by atoms with Crippen molar-refractivity contribution in [1.29, 1.82) is 5.26 Å². The second kappa shape index (κ2) is 7.98. The molecule has 2 aliphatic heterocycles. The van der Waals surface area contributed by atoms with Crippen LogP contribution in [0.5, 0.6) is 0 Å². The monoisotopic (exact) mass is 495 g/mol. The number of aromatic nitrogens is 3. The number of carbonyl (C=O) groups excluding carboxylic acids is 2. The minimum Gasteiger partial charge on any atom is -0.341 e. The van der Waals surface area contributed by atoms with Crippen LogP contribution in [0.2, 0.25) is 0 Å². The molecule has 2 aromatic heterocycles. The third-order valence-corrected chi connectivity index (χ3v) is 8.11. The van der Waals surface area contributed by atoms with Crippen molar-refractivity contribution < 1.29 is 18.4 Å².